The Morgan fingerprint density at radius 3 is 2.86 bits per heavy atom. The van der Waals surface area contributed by atoms with Crippen molar-refractivity contribution in [1.82, 2.24) is 0 Å². The van der Waals surface area contributed by atoms with Gasteiger partial charge in [0, 0.05) is 16.9 Å². The van der Waals surface area contributed by atoms with Gasteiger partial charge in [0.2, 0.25) is 0 Å². The van der Waals surface area contributed by atoms with E-state index in [0.717, 1.165) is 29.8 Å². The molecule has 1 aliphatic rings. The third kappa shape index (κ3) is 3.08. The van der Waals surface area contributed by atoms with Crippen LogP contribution in [0, 0.1) is 13.8 Å². The van der Waals surface area contributed by atoms with E-state index in [0.29, 0.717) is 5.92 Å². The molecule has 21 heavy (non-hydrogen) atoms. The number of aryl methyl sites for hydroxylation is 2. The first-order valence-corrected chi connectivity index (χ1v) is 8.17. The van der Waals surface area contributed by atoms with Gasteiger partial charge in [-0.25, -0.2) is 0 Å². The molecule has 0 radical (unpaired) electrons. The summed E-state index contributed by atoms with van der Waals surface area (Å²) < 4.78 is 6.87. The van der Waals surface area contributed by atoms with Crippen LogP contribution < -0.4 is 10.1 Å². The highest BCUT2D eigenvalue weighted by molar-refractivity contribution is 9.10. The molecule has 3 rings (SSSR count). The van der Waals surface area contributed by atoms with Crippen LogP contribution in [0.5, 0.6) is 5.75 Å². The van der Waals surface area contributed by atoms with Crippen molar-refractivity contribution in [1.29, 1.82) is 0 Å². The van der Waals surface area contributed by atoms with Crippen LogP contribution in [0.1, 0.15) is 29.0 Å². The number of ether oxygens (including phenoxy) is 1. The molecular weight excluding hydrogens is 326 g/mol. The van der Waals surface area contributed by atoms with Gasteiger partial charge in [-0.1, -0.05) is 24.3 Å². The second-order valence-corrected chi connectivity index (χ2v) is 6.55. The Labute approximate surface area is 134 Å². The summed E-state index contributed by atoms with van der Waals surface area (Å²) in [5, 5.41) is 3.62. The number of fused-ring (bicyclic) bond motifs is 1. The third-order valence-corrected chi connectivity index (χ3v) is 4.67. The quantitative estimate of drug-likeness (QED) is 0.840. The number of hydrogen-bond donors (Lipinski definition) is 1. The molecule has 0 amide bonds. The Morgan fingerprint density at radius 2 is 2.05 bits per heavy atom. The fraction of sp³-hybridized carbons (Fsp3) is 0.333. The molecule has 0 spiro atoms. The van der Waals surface area contributed by atoms with Gasteiger partial charge in [0.25, 0.3) is 0 Å². The van der Waals surface area contributed by atoms with Gasteiger partial charge < -0.3 is 10.1 Å². The molecule has 1 unspecified atom stereocenters. The highest BCUT2D eigenvalue weighted by atomic mass is 79.9. The second-order valence-electron chi connectivity index (χ2n) is 5.69. The van der Waals surface area contributed by atoms with Crippen LogP contribution in [0.25, 0.3) is 0 Å². The maximum Gasteiger partial charge on any atom is 0.122 e. The lowest BCUT2D eigenvalue weighted by Gasteiger charge is -2.27. The van der Waals surface area contributed by atoms with Crippen molar-refractivity contribution in [2.24, 2.45) is 0 Å². The Hall–Kier alpha value is -1.48. The lowest BCUT2D eigenvalue weighted by Crippen LogP contribution is -2.21. The van der Waals surface area contributed by atoms with Gasteiger partial charge in [0.15, 0.2) is 0 Å². The normalized spacial score (nSPS) is 17.0. The first-order chi connectivity index (χ1) is 10.1. The molecule has 3 heteroatoms. The molecule has 1 aliphatic heterocycles. The van der Waals surface area contributed by atoms with Crippen molar-refractivity contribution in [3.05, 3.63) is 57.6 Å². The van der Waals surface area contributed by atoms with Crippen molar-refractivity contribution in [3.8, 4) is 5.75 Å². The van der Waals surface area contributed by atoms with E-state index in [4.69, 9.17) is 4.74 Å². The molecular formula is C18H20BrNO. The number of nitrogens with one attached hydrogen (secondary N) is 1. The Bertz CT molecular complexity index is 630. The van der Waals surface area contributed by atoms with Crippen LogP contribution in [-0.2, 0) is 0 Å². The maximum atomic E-state index is 5.73. The molecule has 2 aromatic rings. The molecule has 0 bridgehead atoms. The van der Waals surface area contributed by atoms with E-state index in [1.165, 1.54) is 22.4 Å². The summed E-state index contributed by atoms with van der Waals surface area (Å²) >= 11 is 3.67. The zero-order valence-corrected chi connectivity index (χ0v) is 14.0. The highest BCUT2D eigenvalue weighted by Gasteiger charge is 2.21. The molecule has 110 valence electrons. The zero-order chi connectivity index (χ0) is 14.8. The van der Waals surface area contributed by atoms with Crippen molar-refractivity contribution >= 4 is 21.6 Å². The van der Waals surface area contributed by atoms with Gasteiger partial charge >= 0.3 is 0 Å². The molecule has 0 fully saturated rings. The van der Waals surface area contributed by atoms with E-state index in [-0.39, 0.29) is 0 Å². The summed E-state index contributed by atoms with van der Waals surface area (Å²) in [6.45, 7) is 6.01. The minimum atomic E-state index is 0.502. The molecule has 1 atom stereocenters. The van der Waals surface area contributed by atoms with Gasteiger partial charge in [-0.2, -0.15) is 0 Å². The van der Waals surface area contributed by atoms with Crippen LogP contribution in [0.4, 0.5) is 5.69 Å². The number of rotatable bonds is 3. The Kier molecular flexibility index (Phi) is 4.20. The van der Waals surface area contributed by atoms with Crippen LogP contribution >= 0.6 is 15.9 Å². The van der Waals surface area contributed by atoms with Gasteiger partial charge in [-0.3, -0.25) is 0 Å². The fourth-order valence-corrected chi connectivity index (χ4v) is 3.81. The number of halogens is 1. The van der Waals surface area contributed by atoms with Gasteiger partial charge in [-0.05, 0) is 65.0 Å². The van der Waals surface area contributed by atoms with E-state index in [2.05, 4.69) is 65.4 Å². The first kappa shape index (κ1) is 14.5. The van der Waals surface area contributed by atoms with Gasteiger partial charge in [0.05, 0.1) is 12.3 Å². The van der Waals surface area contributed by atoms with E-state index in [1.807, 2.05) is 6.07 Å². The molecule has 1 N–H and O–H groups in total. The number of anilines is 1. The first-order valence-electron chi connectivity index (χ1n) is 7.37. The summed E-state index contributed by atoms with van der Waals surface area (Å²) in [5.41, 5.74) is 5.07. The summed E-state index contributed by atoms with van der Waals surface area (Å²) in [6, 6.07) is 12.7. The van der Waals surface area contributed by atoms with E-state index >= 15 is 0 Å². The molecule has 2 aromatic carbocycles. The smallest absolute Gasteiger partial charge is 0.122 e. The molecule has 0 aliphatic carbocycles. The average Bonchev–Trinajstić information content (AvgIpc) is 2.46. The van der Waals surface area contributed by atoms with Crippen molar-refractivity contribution < 1.29 is 4.74 Å². The second kappa shape index (κ2) is 6.10. The van der Waals surface area contributed by atoms with Crippen LogP contribution in [0.2, 0.25) is 0 Å². The number of hydrogen-bond acceptors (Lipinski definition) is 2. The lowest BCUT2D eigenvalue weighted by molar-refractivity contribution is 0.270. The largest absolute Gasteiger partial charge is 0.493 e. The van der Waals surface area contributed by atoms with Crippen LogP contribution in [-0.4, -0.2) is 13.2 Å². The predicted molar refractivity (Wildman–Crippen MR) is 91.4 cm³/mol. The monoisotopic (exact) mass is 345 g/mol. The minimum Gasteiger partial charge on any atom is -0.493 e. The van der Waals surface area contributed by atoms with E-state index in [1.54, 1.807) is 0 Å². The zero-order valence-electron chi connectivity index (χ0n) is 12.4. The van der Waals surface area contributed by atoms with Crippen LogP contribution in [0.15, 0.2) is 40.9 Å². The molecule has 0 saturated carbocycles. The average molecular weight is 346 g/mol. The number of para-hydroxylation sites is 1. The van der Waals surface area contributed by atoms with Crippen molar-refractivity contribution in [2.45, 2.75) is 26.2 Å². The summed E-state index contributed by atoms with van der Waals surface area (Å²) in [4.78, 5) is 0. The van der Waals surface area contributed by atoms with Crippen molar-refractivity contribution in [3.63, 3.8) is 0 Å². The van der Waals surface area contributed by atoms with E-state index in [9.17, 15) is 0 Å². The van der Waals surface area contributed by atoms with Crippen LogP contribution in [0.3, 0.4) is 0 Å². The summed E-state index contributed by atoms with van der Waals surface area (Å²) in [7, 11) is 0. The van der Waals surface area contributed by atoms with Gasteiger partial charge in [-0.15, -0.1) is 0 Å². The fourth-order valence-electron chi connectivity index (χ4n) is 2.99. The van der Waals surface area contributed by atoms with Gasteiger partial charge in [0.1, 0.15) is 5.75 Å². The SMILES string of the molecule is Cc1cc(C)c(NCC2CCOc3ccccc32)c(Br)c1. The molecule has 1 heterocycles. The van der Waals surface area contributed by atoms with Crippen molar-refractivity contribution in [2.75, 3.05) is 18.5 Å². The predicted octanol–water partition coefficient (Wildman–Crippen LogP) is 5.04. The maximum absolute atomic E-state index is 5.73. The van der Waals surface area contributed by atoms with E-state index < -0.39 is 0 Å². The summed E-state index contributed by atoms with van der Waals surface area (Å²) in [6.07, 6.45) is 1.06. The lowest BCUT2D eigenvalue weighted by atomic mass is 9.93. The Morgan fingerprint density at radius 1 is 1.24 bits per heavy atom. The molecule has 0 aromatic heterocycles. The third-order valence-electron chi connectivity index (χ3n) is 4.04. The summed E-state index contributed by atoms with van der Waals surface area (Å²) in [5.74, 6) is 1.54. The topological polar surface area (TPSA) is 21.3 Å². The number of benzene rings is 2. The standard InChI is InChI=1S/C18H20BrNO/c1-12-9-13(2)18(16(19)10-12)20-11-14-7-8-21-17-6-4-3-5-15(14)17/h3-6,9-10,14,20H,7-8,11H2,1-2H3. The molecule has 2 nitrogen and oxygen atoms in total. The highest BCUT2D eigenvalue weighted by Crippen LogP contribution is 2.34. The Balaban J connectivity index is 1.78. The minimum absolute atomic E-state index is 0.502. The molecule has 0 saturated heterocycles.